The fraction of sp³-hybridized carbons (Fsp3) is 0.786. The van der Waals surface area contributed by atoms with Gasteiger partial charge in [-0.25, -0.2) is 0 Å². The highest BCUT2D eigenvalue weighted by atomic mass is 16.5. The summed E-state index contributed by atoms with van der Waals surface area (Å²) in [6, 6.07) is 0.327. The monoisotopic (exact) mass is 281 g/mol. The summed E-state index contributed by atoms with van der Waals surface area (Å²) < 4.78 is 5.20. The number of carboxylic acid groups (broad SMARTS) is 1. The molecule has 0 saturated carbocycles. The van der Waals surface area contributed by atoms with Crippen molar-refractivity contribution in [2.24, 2.45) is 0 Å². The molecule has 6 nitrogen and oxygen atoms in total. The molecule has 0 bridgehead atoms. The van der Waals surface area contributed by atoms with Crippen LogP contribution in [0.3, 0.4) is 0 Å². The third-order valence-corrected chi connectivity index (χ3v) is 3.76. The summed E-state index contributed by atoms with van der Waals surface area (Å²) in [4.78, 5) is 17.4. The quantitative estimate of drug-likeness (QED) is 0.825. The maximum absolute atomic E-state index is 10.7. The van der Waals surface area contributed by atoms with E-state index in [0.29, 0.717) is 24.9 Å². The first kappa shape index (κ1) is 15.0. The molecule has 1 aromatic heterocycles. The summed E-state index contributed by atoms with van der Waals surface area (Å²) in [5.41, 5.74) is 0. The van der Waals surface area contributed by atoms with Crippen LogP contribution in [0.5, 0.6) is 0 Å². The first-order chi connectivity index (χ1) is 9.69. The van der Waals surface area contributed by atoms with Gasteiger partial charge < -0.3 is 9.63 Å². The molecule has 112 valence electrons. The molecule has 1 atom stereocenters. The number of likely N-dealkylation sites (tertiary alicyclic amines) is 1. The summed E-state index contributed by atoms with van der Waals surface area (Å²) >= 11 is 0. The van der Waals surface area contributed by atoms with Crippen LogP contribution in [0.1, 0.15) is 57.2 Å². The van der Waals surface area contributed by atoms with Crippen LogP contribution in [-0.4, -0.2) is 38.7 Å². The normalized spacial score (nSPS) is 20.1. The van der Waals surface area contributed by atoms with E-state index in [1.165, 1.54) is 6.42 Å². The lowest BCUT2D eigenvalue weighted by Crippen LogP contribution is -2.39. The van der Waals surface area contributed by atoms with E-state index in [0.717, 1.165) is 38.1 Å². The van der Waals surface area contributed by atoms with Crippen molar-refractivity contribution in [3.05, 3.63) is 11.7 Å². The van der Waals surface area contributed by atoms with Crippen molar-refractivity contribution >= 4 is 5.97 Å². The van der Waals surface area contributed by atoms with Crippen LogP contribution >= 0.6 is 0 Å². The third kappa shape index (κ3) is 4.30. The Balaban J connectivity index is 1.91. The van der Waals surface area contributed by atoms with Gasteiger partial charge in [0.1, 0.15) is 0 Å². The van der Waals surface area contributed by atoms with E-state index in [1.54, 1.807) is 0 Å². The van der Waals surface area contributed by atoms with Crippen molar-refractivity contribution < 1.29 is 14.4 Å². The number of carbonyl (C=O) groups is 1. The van der Waals surface area contributed by atoms with E-state index in [4.69, 9.17) is 9.63 Å². The van der Waals surface area contributed by atoms with Gasteiger partial charge in [0.15, 0.2) is 5.82 Å². The highest BCUT2D eigenvalue weighted by molar-refractivity contribution is 5.66. The summed E-state index contributed by atoms with van der Waals surface area (Å²) in [5.74, 6) is 0.692. The van der Waals surface area contributed by atoms with E-state index >= 15 is 0 Å². The first-order valence-corrected chi connectivity index (χ1v) is 7.46. The number of carboxylic acids is 1. The van der Waals surface area contributed by atoms with Crippen molar-refractivity contribution in [1.29, 1.82) is 0 Å². The average Bonchev–Trinajstić information content (AvgIpc) is 2.85. The molecule has 6 heteroatoms. The lowest BCUT2D eigenvalue weighted by atomic mass is 9.98. The SMILES string of the molecule is CCCc1nc(CN2CCCCC2CCC(=O)O)no1. The topological polar surface area (TPSA) is 79.5 Å². The summed E-state index contributed by atoms with van der Waals surface area (Å²) in [6.45, 7) is 3.73. The number of nitrogens with zero attached hydrogens (tertiary/aromatic N) is 3. The van der Waals surface area contributed by atoms with Crippen molar-refractivity contribution in [3.8, 4) is 0 Å². The summed E-state index contributed by atoms with van der Waals surface area (Å²) in [6.07, 6.45) is 6.13. The van der Waals surface area contributed by atoms with Gasteiger partial charge in [0, 0.05) is 18.9 Å². The second kappa shape index (κ2) is 7.38. The highest BCUT2D eigenvalue weighted by Crippen LogP contribution is 2.22. The summed E-state index contributed by atoms with van der Waals surface area (Å²) in [5, 5.41) is 12.8. The van der Waals surface area contributed by atoms with E-state index in [2.05, 4.69) is 22.0 Å². The van der Waals surface area contributed by atoms with Gasteiger partial charge in [-0.1, -0.05) is 18.5 Å². The number of hydrogen-bond donors (Lipinski definition) is 1. The van der Waals surface area contributed by atoms with Crippen molar-refractivity contribution in [2.45, 2.75) is 64.5 Å². The Morgan fingerprint density at radius 3 is 3.10 bits per heavy atom. The zero-order chi connectivity index (χ0) is 14.4. The minimum Gasteiger partial charge on any atom is -0.481 e. The van der Waals surface area contributed by atoms with Gasteiger partial charge in [0.2, 0.25) is 5.89 Å². The Morgan fingerprint density at radius 1 is 1.50 bits per heavy atom. The molecule has 0 amide bonds. The molecule has 1 saturated heterocycles. The number of hydrogen-bond acceptors (Lipinski definition) is 5. The highest BCUT2D eigenvalue weighted by Gasteiger charge is 2.24. The van der Waals surface area contributed by atoms with Gasteiger partial charge in [-0.15, -0.1) is 0 Å². The molecular formula is C14H23N3O3. The minimum atomic E-state index is -0.722. The lowest BCUT2D eigenvalue weighted by Gasteiger charge is -2.34. The van der Waals surface area contributed by atoms with Crippen LogP contribution in [0, 0.1) is 0 Å². The van der Waals surface area contributed by atoms with Gasteiger partial charge in [-0.2, -0.15) is 4.98 Å². The molecule has 1 fully saturated rings. The molecule has 1 N–H and O–H groups in total. The minimum absolute atomic E-state index is 0.231. The maximum atomic E-state index is 10.7. The molecule has 0 aliphatic carbocycles. The molecule has 20 heavy (non-hydrogen) atoms. The first-order valence-electron chi connectivity index (χ1n) is 7.46. The third-order valence-electron chi connectivity index (χ3n) is 3.76. The Hall–Kier alpha value is -1.43. The molecule has 2 heterocycles. The molecule has 1 aliphatic heterocycles. The average molecular weight is 281 g/mol. The van der Waals surface area contributed by atoms with E-state index in [-0.39, 0.29) is 6.42 Å². The molecule has 1 aromatic rings. The van der Waals surface area contributed by atoms with E-state index < -0.39 is 5.97 Å². The number of aryl methyl sites for hydroxylation is 1. The van der Waals surface area contributed by atoms with Crippen molar-refractivity contribution in [3.63, 3.8) is 0 Å². The van der Waals surface area contributed by atoms with Gasteiger partial charge in [-0.3, -0.25) is 9.69 Å². The van der Waals surface area contributed by atoms with Crippen LogP contribution < -0.4 is 0 Å². The predicted molar refractivity (Wildman–Crippen MR) is 73.2 cm³/mol. The molecule has 1 unspecified atom stereocenters. The number of aromatic nitrogens is 2. The largest absolute Gasteiger partial charge is 0.481 e. The van der Waals surface area contributed by atoms with Crippen LogP contribution in [0.25, 0.3) is 0 Å². The Kier molecular flexibility index (Phi) is 5.52. The fourth-order valence-corrected chi connectivity index (χ4v) is 2.74. The molecule has 2 rings (SSSR count). The molecular weight excluding hydrogens is 258 g/mol. The second-order valence-corrected chi connectivity index (χ2v) is 5.41. The summed E-state index contributed by atoms with van der Waals surface area (Å²) in [7, 11) is 0. The zero-order valence-electron chi connectivity index (χ0n) is 12.0. The van der Waals surface area contributed by atoms with Crippen LogP contribution in [0.4, 0.5) is 0 Å². The molecule has 0 spiro atoms. The van der Waals surface area contributed by atoms with E-state index in [9.17, 15) is 4.79 Å². The maximum Gasteiger partial charge on any atom is 0.303 e. The molecule has 0 radical (unpaired) electrons. The Labute approximate surface area is 119 Å². The number of aliphatic carboxylic acids is 1. The standard InChI is InChI=1S/C14H23N3O3/c1-2-5-13-15-12(16-20-13)10-17-9-4-3-6-11(17)7-8-14(18)19/h11H,2-10H2,1H3,(H,18,19). The molecule has 0 aromatic carbocycles. The van der Waals surface area contributed by atoms with Crippen LogP contribution in [0.15, 0.2) is 4.52 Å². The van der Waals surface area contributed by atoms with Gasteiger partial charge in [-0.05, 0) is 32.2 Å². The van der Waals surface area contributed by atoms with Crippen LogP contribution in [0.2, 0.25) is 0 Å². The van der Waals surface area contributed by atoms with Crippen molar-refractivity contribution in [1.82, 2.24) is 15.0 Å². The van der Waals surface area contributed by atoms with Crippen LogP contribution in [-0.2, 0) is 17.8 Å². The van der Waals surface area contributed by atoms with Gasteiger partial charge >= 0.3 is 5.97 Å². The fourth-order valence-electron chi connectivity index (χ4n) is 2.74. The predicted octanol–water partition coefficient (Wildman–Crippen LogP) is 2.24. The van der Waals surface area contributed by atoms with Crippen molar-refractivity contribution in [2.75, 3.05) is 6.54 Å². The smallest absolute Gasteiger partial charge is 0.303 e. The number of rotatable bonds is 7. The number of piperidine rings is 1. The van der Waals surface area contributed by atoms with E-state index in [1.807, 2.05) is 0 Å². The zero-order valence-corrected chi connectivity index (χ0v) is 12.0. The Bertz CT molecular complexity index is 433. The van der Waals surface area contributed by atoms with Gasteiger partial charge in [0.25, 0.3) is 0 Å². The molecule has 1 aliphatic rings. The Morgan fingerprint density at radius 2 is 2.35 bits per heavy atom. The van der Waals surface area contributed by atoms with Gasteiger partial charge in [0.05, 0.1) is 6.54 Å². The lowest BCUT2D eigenvalue weighted by molar-refractivity contribution is -0.137. The second-order valence-electron chi connectivity index (χ2n) is 5.41.